The molecule has 0 radical (unpaired) electrons. The van der Waals surface area contributed by atoms with E-state index in [0.717, 1.165) is 40.7 Å². The molecule has 0 aliphatic heterocycles. The van der Waals surface area contributed by atoms with Gasteiger partial charge in [-0.2, -0.15) is 0 Å². The summed E-state index contributed by atoms with van der Waals surface area (Å²) in [6.45, 7) is 3.98. The smallest absolute Gasteiger partial charge is 0.268 e. The number of pyridine rings is 2. The number of H-pyrrole nitrogens is 1. The number of nitrogens with zero attached hydrogens (tertiary/aromatic N) is 2. The van der Waals surface area contributed by atoms with Crippen LogP contribution >= 0.6 is 0 Å². The number of aryl methyl sites for hydroxylation is 2. The van der Waals surface area contributed by atoms with E-state index in [-0.39, 0.29) is 11.9 Å². The van der Waals surface area contributed by atoms with Crippen LogP contribution in [0.25, 0.3) is 10.9 Å². The quantitative estimate of drug-likeness (QED) is 0.773. The van der Waals surface area contributed by atoms with Crippen LogP contribution in [0.5, 0.6) is 0 Å². The van der Waals surface area contributed by atoms with Crippen molar-refractivity contribution in [3.8, 4) is 0 Å². The highest BCUT2D eigenvalue weighted by Gasteiger charge is 2.35. The van der Waals surface area contributed by atoms with Crippen LogP contribution in [0, 0.1) is 19.8 Å². The maximum absolute atomic E-state index is 12.8. The number of carbonyl (C=O) groups is 1. The summed E-state index contributed by atoms with van der Waals surface area (Å²) >= 11 is 0. The average Bonchev–Trinajstić information content (AvgIpc) is 3.31. The van der Waals surface area contributed by atoms with Crippen molar-refractivity contribution in [2.24, 2.45) is 5.92 Å². The van der Waals surface area contributed by atoms with E-state index >= 15 is 0 Å². The number of amides is 1. The normalized spacial score (nSPS) is 15.4. The number of hydrogen-bond acceptors (Lipinski definition) is 3. The average molecular weight is 320 g/mol. The Kier molecular flexibility index (Phi) is 3.56. The van der Waals surface area contributed by atoms with Crippen molar-refractivity contribution < 1.29 is 4.79 Å². The van der Waals surface area contributed by atoms with E-state index in [1.807, 2.05) is 38.1 Å². The molecule has 5 nitrogen and oxygen atoms in total. The number of carbonyl (C=O) groups excluding carboxylic acids is 1. The minimum absolute atomic E-state index is 0.0238. The van der Waals surface area contributed by atoms with Crippen molar-refractivity contribution in [1.29, 1.82) is 0 Å². The molecule has 3 aromatic rings. The van der Waals surface area contributed by atoms with Gasteiger partial charge >= 0.3 is 0 Å². The Labute approximate surface area is 140 Å². The van der Waals surface area contributed by atoms with Gasteiger partial charge in [-0.1, -0.05) is 6.07 Å². The molecule has 24 heavy (non-hydrogen) atoms. The van der Waals surface area contributed by atoms with Crippen molar-refractivity contribution >= 4 is 16.8 Å². The SMILES string of the molecule is Cc1cccnc1C(NC(=O)c1cc2ccnc(C)c2[nH]1)C1CC1. The molecule has 0 spiro atoms. The molecule has 5 heteroatoms. The van der Waals surface area contributed by atoms with E-state index < -0.39 is 0 Å². The molecule has 1 fully saturated rings. The summed E-state index contributed by atoms with van der Waals surface area (Å²) in [5.41, 5.74) is 4.47. The van der Waals surface area contributed by atoms with E-state index in [0.29, 0.717) is 11.6 Å². The van der Waals surface area contributed by atoms with Crippen LogP contribution in [0.4, 0.5) is 0 Å². The first-order chi connectivity index (χ1) is 11.6. The van der Waals surface area contributed by atoms with Crippen molar-refractivity contribution in [2.45, 2.75) is 32.7 Å². The predicted octanol–water partition coefficient (Wildman–Crippen LogP) is 3.46. The third kappa shape index (κ3) is 2.66. The molecule has 1 aliphatic rings. The molecule has 1 amide bonds. The van der Waals surface area contributed by atoms with Crippen molar-refractivity contribution in [3.63, 3.8) is 0 Å². The topological polar surface area (TPSA) is 70.7 Å². The molecule has 1 aliphatic carbocycles. The largest absolute Gasteiger partial charge is 0.349 e. The van der Waals surface area contributed by atoms with Gasteiger partial charge < -0.3 is 10.3 Å². The maximum Gasteiger partial charge on any atom is 0.268 e. The highest BCUT2D eigenvalue weighted by Crippen LogP contribution is 2.41. The molecule has 0 saturated heterocycles. The second-order valence-electron chi connectivity index (χ2n) is 6.54. The second-order valence-corrected chi connectivity index (χ2v) is 6.54. The van der Waals surface area contributed by atoms with Gasteiger partial charge in [0, 0.05) is 17.8 Å². The van der Waals surface area contributed by atoms with Gasteiger partial charge in [0.1, 0.15) is 5.69 Å². The highest BCUT2D eigenvalue weighted by atomic mass is 16.2. The van der Waals surface area contributed by atoms with Crippen LogP contribution in [0.3, 0.4) is 0 Å². The van der Waals surface area contributed by atoms with E-state index in [9.17, 15) is 4.79 Å². The first-order valence-electron chi connectivity index (χ1n) is 8.30. The lowest BCUT2D eigenvalue weighted by atomic mass is 10.0. The Morgan fingerprint density at radius 2 is 2.08 bits per heavy atom. The maximum atomic E-state index is 12.8. The van der Waals surface area contributed by atoms with Crippen LogP contribution in [0.15, 0.2) is 36.7 Å². The van der Waals surface area contributed by atoms with Gasteiger partial charge in [-0.25, -0.2) is 0 Å². The van der Waals surface area contributed by atoms with Gasteiger partial charge in [-0.15, -0.1) is 0 Å². The van der Waals surface area contributed by atoms with Crippen LogP contribution in [-0.4, -0.2) is 20.9 Å². The zero-order valence-corrected chi connectivity index (χ0v) is 13.8. The Balaban J connectivity index is 1.63. The minimum Gasteiger partial charge on any atom is -0.349 e. The summed E-state index contributed by atoms with van der Waals surface area (Å²) < 4.78 is 0. The lowest BCUT2D eigenvalue weighted by Crippen LogP contribution is -2.31. The monoisotopic (exact) mass is 320 g/mol. The predicted molar refractivity (Wildman–Crippen MR) is 92.7 cm³/mol. The molecule has 1 unspecified atom stereocenters. The van der Waals surface area contributed by atoms with Crippen LogP contribution in [0.1, 0.15) is 46.3 Å². The second kappa shape index (κ2) is 5.74. The number of aromatic amines is 1. The summed E-state index contributed by atoms with van der Waals surface area (Å²) in [6.07, 6.45) is 5.83. The summed E-state index contributed by atoms with van der Waals surface area (Å²) in [6, 6.07) is 7.75. The molecule has 3 aromatic heterocycles. The van der Waals surface area contributed by atoms with Crippen LogP contribution < -0.4 is 5.32 Å². The van der Waals surface area contributed by atoms with Crippen molar-refractivity contribution in [3.05, 3.63) is 59.3 Å². The zero-order chi connectivity index (χ0) is 16.7. The van der Waals surface area contributed by atoms with E-state index in [4.69, 9.17) is 0 Å². The first-order valence-corrected chi connectivity index (χ1v) is 8.30. The summed E-state index contributed by atoms with van der Waals surface area (Å²) in [7, 11) is 0. The number of nitrogens with one attached hydrogen (secondary N) is 2. The summed E-state index contributed by atoms with van der Waals surface area (Å²) in [5, 5.41) is 4.18. The Morgan fingerprint density at radius 1 is 1.25 bits per heavy atom. The van der Waals surface area contributed by atoms with Gasteiger partial charge in [0.2, 0.25) is 0 Å². The molecule has 3 heterocycles. The molecule has 122 valence electrons. The zero-order valence-electron chi connectivity index (χ0n) is 13.8. The van der Waals surface area contributed by atoms with Gasteiger partial charge in [0.25, 0.3) is 5.91 Å². The van der Waals surface area contributed by atoms with Gasteiger partial charge in [-0.05, 0) is 56.4 Å². The summed E-state index contributed by atoms with van der Waals surface area (Å²) in [4.78, 5) is 24.7. The lowest BCUT2D eigenvalue weighted by Gasteiger charge is -2.19. The third-order valence-electron chi connectivity index (χ3n) is 4.70. The van der Waals surface area contributed by atoms with Gasteiger partial charge in [0.15, 0.2) is 0 Å². The molecule has 1 atom stereocenters. The molecule has 0 bridgehead atoms. The fourth-order valence-corrected chi connectivity index (χ4v) is 3.20. The number of rotatable bonds is 4. The Morgan fingerprint density at radius 3 is 2.79 bits per heavy atom. The number of hydrogen-bond donors (Lipinski definition) is 2. The lowest BCUT2D eigenvalue weighted by molar-refractivity contribution is 0.0926. The molecule has 4 rings (SSSR count). The van der Waals surface area contributed by atoms with Crippen LogP contribution in [-0.2, 0) is 0 Å². The van der Waals surface area contributed by atoms with E-state index in [1.54, 1.807) is 12.4 Å². The first kappa shape index (κ1) is 14.9. The Bertz CT molecular complexity index is 911. The molecule has 2 N–H and O–H groups in total. The molecule has 1 saturated carbocycles. The van der Waals surface area contributed by atoms with E-state index in [2.05, 4.69) is 20.3 Å². The van der Waals surface area contributed by atoms with Crippen molar-refractivity contribution in [1.82, 2.24) is 20.3 Å². The highest BCUT2D eigenvalue weighted by molar-refractivity contribution is 5.98. The van der Waals surface area contributed by atoms with Gasteiger partial charge in [0.05, 0.1) is 22.9 Å². The van der Waals surface area contributed by atoms with Crippen LogP contribution in [0.2, 0.25) is 0 Å². The van der Waals surface area contributed by atoms with Crippen molar-refractivity contribution in [2.75, 3.05) is 0 Å². The minimum atomic E-state index is -0.0902. The van der Waals surface area contributed by atoms with Gasteiger partial charge in [-0.3, -0.25) is 14.8 Å². The number of fused-ring (bicyclic) bond motifs is 1. The standard InChI is InChI=1S/C19H20N4O/c1-11-4-3-8-21-16(11)18(13-5-6-13)23-19(24)15-10-14-7-9-20-12(2)17(14)22-15/h3-4,7-10,13,18,22H,5-6H2,1-2H3,(H,23,24). The fraction of sp³-hybridized carbons (Fsp3) is 0.316. The molecule has 0 aromatic carbocycles. The number of aromatic nitrogens is 3. The fourth-order valence-electron chi connectivity index (χ4n) is 3.20. The Hall–Kier alpha value is -2.69. The third-order valence-corrected chi connectivity index (χ3v) is 4.70. The molecular formula is C19H20N4O. The van der Waals surface area contributed by atoms with E-state index in [1.165, 1.54) is 0 Å². The molecular weight excluding hydrogens is 300 g/mol. The summed E-state index contributed by atoms with van der Waals surface area (Å²) in [5.74, 6) is 0.392.